The summed E-state index contributed by atoms with van der Waals surface area (Å²) in [5.74, 6) is -4.82. The van der Waals surface area contributed by atoms with Gasteiger partial charge >= 0.3 is 6.18 Å². The molecule has 194 valence electrons. The van der Waals surface area contributed by atoms with E-state index in [0.29, 0.717) is 18.8 Å². The highest BCUT2D eigenvalue weighted by Crippen LogP contribution is 2.40. The highest BCUT2D eigenvalue weighted by molar-refractivity contribution is 5.99. The van der Waals surface area contributed by atoms with E-state index in [1.807, 2.05) is 12.2 Å². The maximum absolute atomic E-state index is 14.7. The number of fused-ring (bicyclic) bond motifs is 1. The minimum atomic E-state index is -4.73. The van der Waals surface area contributed by atoms with Crippen LogP contribution in [0.5, 0.6) is 0 Å². The fourth-order valence-corrected chi connectivity index (χ4v) is 4.47. The number of aromatic nitrogens is 3. The smallest absolute Gasteiger partial charge is 0.340 e. The Morgan fingerprint density at radius 1 is 1.19 bits per heavy atom. The summed E-state index contributed by atoms with van der Waals surface area (Å²) in [4.78, 5) is 47.9. The van der Waals surface area contributed by atoms with E-state index < -0.39 is 52.5 Å². The van der Waals surface area contributed by atoms with E-state index >= 15 is 0 Å². The van der Waals surface area contributed by atoms with Crippen LogP contribution in [0.15, 0.2) is 35.4 Å². The number of rotatable bonds is 5. The van der Waals surface area contributed by atoms with E-state index in [-0.39, 0.29) is 47.9 Å². The van der Waals surface area contributed by atoms with Crippen molar-refractivity contribution >= 4 is 28.7 Å². The van der Waals surface area contributed by atoms with Crippen LogP contribution in [0, 0.1) is 23.5 Å². The van der Waals surface area contributed by atoms with Gasteiger partial charge in [0.2, 0.25) is 11.3 Å². The summed E-state index contributed by atoms with van der Waals surface area (Å²) in [6.07, 6.45) is -2.37. The molecule has 37 heavy (non-hydrogen) atoms. The second-order valence-electron chi connectivity index (χ2n) is 9.39. The van der Waals surface area contributed by atoms with Crippen LogP contribution in [0.25, 0.3) is 16.9 Å². The standard InChI is InChI=1S/C24H20F5N5O3/c1-11-6-18(35)33(9-11)17-5-4-14-19(36)15(23(37)32-20(12-2-3-12)24(27,28)29)10-34(21(14)31-17)22-16(26)7-13(25)8-30-22/h4-5,7-8,10-12,20H,2-3,6,9H2,1H3,(H,32,37). The van der Waals surface area contributed by atoms with Gasteiger partial charge in [-0.25, -0.2) is 18.7 Å². The first-order chi connectivity index (χ1) is 17.4. The van der Waals surface area contributed by atoms with E-state index in [1.54, 1.807) is 0 Å². The molecule has 3 aromatic heterocycles. The predicted molar refractivity (Wildman–Crippen MR) is 121 cm³/mol. The number of nitrogens with zero attached hydrogens (tertiary/aromatic N) is 4. The van der Waals surface area contributed by atoms with Gasteiger partial charge in [-0.3, -0.25) is 23.9 Å². The monoisotopic (exact) mass is 521 g/mol. The van der Waals surface area contributed by atoms with Crippen molar-refractivity contribution in [3.05, 3.63) is 58.0 Å². The number of nitrogens with one attached hydrogen (secondary N) is 1. The molecule has 0 bridgehead atoms. The lowest BCUT2D eigenvalue weighted by Crippen LogP contribution is -2.48. The molecule has 1 aliphatic heterocycles. The maximum atomic E-state index is 14.7. The number of carbonyl (C=O) groups is 2. The molecule has 1 saturated carbocycles. The van der Waals surface area contributed by atoms with Crippen molar-refractivity contribution in [1.82, 2.24) is 19.9 Å². The number of anilines is 1. The van der Waals surface area contributed by atoms with Crippen LogP contribution >= 0.6 is 0 Å². The minimum absolute atomic E-state index is 0.0440. The van der Waals surface area contributed by atoms with Crippen LogP contribution < -0.4 is 15.6 Å². The van der Waals surface area contributed by atoms with Crippen LogP contribution in [0.3, 0.4) is 0 Å². The molecule has 2 fully saturated rings. The molecule has 1 aliphatic carbocycles. The predicted octanol–water partition coefficient (Wildman–Crippen LogP) is 3.50. The summed E-state index contributed by atoms with van der Waals surface area (Å²) < 4.78 is 69.7. The van der Waals surface area contributed by atoms with Crippen LogP contribution in [0.4, 0.5) is 27.8 Å². The molecule has 1 N–H and O–H groups in total. The lowest BCUT2D eigenvalue weighted by molar-refractivity contribution is -0.158. The number of carbonyl (C=O) groups excluding carboxylic acids is 2. The van der Waals surface area contributed by atoms with Gasteiger partial charge in [0.1, 0.15) is 23.2 Å². The van der Waals surface area contributed by atoms with Gasteiger partial charge < -0.3 is 5.32 Å². The molecule has 0 aromatic carbocycles. The van der Waals surface area contributed by atoms with E-state index in [4.69, 9.17) is 0 Å². The van der Waals surface area contributed by atoms with Gasteiger partial charge in [-0.2, -0.15) is 13.2 Å². The van der Waals surface area contributed by atoms with E-state index in [2.05, 4.69) is 9.97 Å². The van der Waals surface area contributed by atoms with Crippen molar-refractivity contribution in [2.75, 3.05) is 11.4 Å². The van der Waals surface area contributed by atoms with Crippen LogP contribution in [0.1, 0.15) is 36.5 Å². The molecule has 2 unspecified atom stereocenters. The van der Waals surface area contributed by atoms with Crippen molar-refractivity contribution in [3.8, 4) is 5.82 Å². The second kappa shape index (κ2) is 8.89. The molecular formula is C24H20F5N5O3. The van der Waals surface area contributed by atoms with Gasteiger partial charge in [0, 0.05) is 25.2 Å². The second-order valence-corrected chi connectivity index (χ2v) is 9.39. The van der Waals surface area contributed by atoms with Gasteiger partial charge in [0.15, 0.2) is 17.3 Å². The summed E-state index contributed by atoms with van der Waals surface area (Å²) in [6.45, 7) is 2.22. The maximum Gasteiger partial charge on any atom is 0.408 e. The number of hydrogen-bond donors (Lipinski definition) is 1. The van der Waals surface area contributed by atoms with Gasteiger partial charge in [-0.15, -0.1) is 0 Å². The average molecular weight is 521 g/mol. The molecule has 2 aliphatic rings. The SMILES string of the molecule is CC1CC(=O)N(c2ccc3c(=O)c(C(=O)NC(C4CC4)C(F)(F)F)cn(-c4ncc(F)cc4F)c3n2)C1. The molecule has 5 rings (SSSR count). The Balaban J connectivity index is 1.67. The molecule has 1 saturated heterocycles. The summed E-state index contributed by atoms with van der Waals surface area (Å²) in [5.41, 5.74) is -1.85. The third kappa shape index (κ3) is 4.65. The molecule has 4 heterocycles. The molecular weight excluding hydrogens is 501 g/mol. The summed E-state index contributed by atoms with van der Waals surface area (Å²) in [6, 6.07) is 0.998. The van der Waals surface area contributed by atoms with Crippen molar-refractivity contribution in [2.45, 2.75) is 38.4 Å². The topological polar surface area (TPSA) is 97.2 Å². The fourth-order valence-electron chi connectivity index (χ4n) is 4.47. The number of pyridine rings is 3. The van der Waals surface area contributed by atoms with Crippen LogP contribution in [-0.2, 0) is 4.79 Å². The average Bonchev–Trinajstić information content (AvgIpc) is 3.60. The van der Waals surface area contributed by atoms with Gasteiger partial charge in [-0.1, -0.05) is 6.92 Å². The summed E-state index contributed by atoms with van der Waals surface area (Å²) >= 11 is 0. The zero-order valence-electron chi connectivity index (χ0n) is 19.4. The van der Waals surface area contributed by atoms with E-state index in [1.165, 1.54) is 17.0 Å². The van der Waals surface area contributed by atoms with Gasteiger partial charge in [0.05, 0.1) is 11.6 Å². The van der Waals surface area contributed by atoms with Crippen LogP contribution in [0.2, 0.25) is 0 Å². The molecule has 2 atom stereocenters. The number of amides is 2. The first kappa shape index (κ1) is 24.8. The fraction of sp³-hybridized carbons (Fsp3) is 0.375. The molecule has 3 aromatic rings. The zero-order chi connectivity index (χ0) is 26.6. The van der Waals surface area contributed by atoms with E-state index in [0.717, 1.165) is 10.8 Å². The lowest BCUT2D eigenvalue weighted by Gasteiger charge is -2.22. The number of alkyl halides is 3. The third-order valence-corrected chi connectivity index (χ3v) is 6.42. The highest BCUT2D eigenvalue weighted by atomic mass is 19.4. The highest BCUT2D eigenvalue weighted by Gasteiger charge is 2.50. The summed E-state index contributed by atoms with van der Waals surface area (Å²) in [7, 11) is 0. The number of halogens is 5. The Morgan fingerprint density at radius 2 is 1.92 bits per heavy atom. The third-order valence-electron chi connectivity index (χ3n) is 6.42. The molecule has 13 heteroatoms. The largest absolute Gasteiger partial charge is 0.408 e. The normalized spacial score (nSPS) is 18.9. The van der Waals surface area contributed by atoms with Crippen molar-refractivity contribution in [1.29, 1.82) is 0 Å². The van der Waals surface area contributed by atoms with E-state index in [9.17, 15) is 36.3 Å². The minimum Gasteiger partial charge on any atom is -0.340 e. The zero-order valence-corrected chi connectivity index (χ0v) is 19.4. The summed E-state index contributed by atoms with van der Waals surface area (Å²) in [5, 5.41) is 1.66. The van der Waals surface area contributed by atoms with Gasteiger partial charge in [0.25, 0.3) is 5.91 Å². The van der Waals surface area contributed by atoms with Gasteiger partial charge in [-0.05, 0) is 36.8 Å². The Morgan fingerprint density at radius 3 is 2.51 bits per heavy atom. The Kier molecular flexibility index (Phi) is 5.95. The molecule has 0 radical (unpaired) electrons. The Labute approximate surface area is 206 Å². The lowest BCUT2D eigenvalue weighted by atomic mass is 10.1. The first-order valence-electron chi connectivity index (χ1n) is 11.5. The van der Waals surface area contributed by atoms with Crippen molar-refractivity contribution < 1.29 is 31.5 Å². The Hall–Kier alpha value is -3.90. The van der Waals surface area contributed by atoms with Crippen LogP contribution in [-0.4, -0.2) is 45.1 Å². The quantitative estimate of drug-likeness (QED) is 0.519. The molecule has 8 nitrogen and oxygen atoms in total. The number of hydrogen-bond acceptors (Lipinski definition) is 5. The van der Waals surface area contributed by atoms with Crippen molar-refractivity contribution in [2.24, 2.45) is 11.8 Å². The van der Waals surface area contributed by atoms with Crippen molar-refractivity contribution in [3.63, 3.8) is 0 Å². The Bertz CT molecular complexity index is 1480. The molecule has 2 amide bonds. The first-order valence-corrected chi connectivity index (χ1v) is 11.5. The molecule has 0 spiro atoms.